The van der Waals surface area contributed by atoms with Gasteiger partial charge in [-0.05, 0) is 52.6 Å². The van der Waals surface area contributed by atoms with Crippen molar-refractivity contribution in [1.29, 1.82) is 0 Å². The van der Waals surface area contributed by atoms with Crippen LogP contribution in [-0.4, -0.2) is 43.0 Å². The van der Waals surface area contributed by atoms with Gasteiger partial charge in [0.1, 0.15) is 18.1 Å². The van der Waals surface area contributed by atoms with Gasteiger partial charge in [0.15, 0.2) is 5.96 Å². The highest BCUT2D eigenvalue weighted by molar-refractivity contribution is 5.79. The highest BCUT2D eigenvalue weighted by atomic mass is 19.1. The molecule has 7 heteroatoms. The number of aryl methyl sites for hydroxylation is 2. The lowest BCUT2D eigenvalue weighted by Crippen LogP contribution is -2.41. The Bertz CT molecular complexity index is 722. The summed E-state index contributed by atoms with van der Waals surface area (Å²) in [5.74, 6) is 1.84. The molecule has 6 nitrogen and oxygen atoms in total. The number of hydrogen-bond acceptors (Lipinski definition) is 4. The minimum atomic E-state index is -0.232. The van der Waals surface area contributed by atoms with E-state index in [1.807, 2.05) is 45.8 Å². The second-order valence-electron chi connectivity index (χ2n) is 6.36. The van der Waals surface area contributed by atoms with Crippen LogP contribution in [0.2, 0.25) is 0 Å². The molecular weight excluding hydrogens is 333 g/mol. The Labute approximate surface area is 154 Å². The van der Waals surface area contributed by atoms with Gasteiger partial charge < -0.3 is 20.0 Å². The number of nitrogens with zero attached hydrogens (tertiary/aromatic N) is 3. The van der Waals surface area contributed by atoms with E-state index in [0.29, 0.717) is 24.9 Å². The minimum Gasteiger partial charge on any atom is -0.444 e. The van der Waals surface area contributed by atoms with Gasteiger partial charge in [0.25, 0.3) is 0 Å². The third-order valence-electron chi connectivity index (χ3n) is 4.11. The van der Waals surface area contributed by atoms with Crippen LogP contribution in [-0.2, 0) is 6.54 Å². The standard InChI is InChI=1S/C19H28FN5O/c1-6-21-19(23-12-18-24-13(2)14(3)26-18)22-11-17(25(4)5)15-8-7-9-16(20)10-15/h7-10,17H,6,11-12H2,1-5H3,(H2,21,22,23). The molecule has 0 radical (unpaired) electrons. The van der Waals surface area contributed by atoms with E-state index in [4.69, 9.17) is 4.42 Å². The Hall–Kier alpha value is -2.41. The zero-order valence-electron chi connectivity index (χ0n) is 16.1. The topological polar surface area (TPSA) is 65.7 Å². The summed E-state index contributed by atoms with van der Waals surface area (Å²) in [5, 5.41) is 6.53. The van der Waals surface area contributed by atoms with Gasteiger partial charge in [-0.25, -0.2) is 14.4 Å². The number of likely N-dealkylation sites (N-methyl/N-ethyl adjacent to an activating group) is 1. The van der Waals surface area contributed by atoms with Gasteiger partial charge in [0.05, 0.1) is 11.7 Å². The summed E-state index contributed by atoms with van der Waals surface area (Å²) in [6, 6.07) is 6.69. The van der Waals surface area contributed by atoms with Crippen molar-refractivity contribution >= 4 is 5.96 Å². The monoisotopic (exact) mass is 361 g/mol. The normalized spacial score (nSPS) is 13.1. The number of aliphatic imine (C=N–C) groups is 1. The van der Waals surface area contributed by atoms with Crippen molar-refractivity contribution in [3.8, 4) is 0 Å². The van der Waals surface area contributed by atoms with E-state index >= 15 is 0 Å². The van der Waals surface area contributed by atoms with Crippen LogP contribution in [0.15, 0.2) is 33.7 Å². The molecule has 1 atom stereocenters. The number of aromatic nitrogens is 1. The third kappa shape index (κ3) is 5.56. The van der Waals surface area contributed by atoms with Gasteiger partial charge in [0.2, 0.25) is 5.89 Å². The van der Waals surface area contributed by atoms with Crippen molar-refractivity contribution in [2.24, 2.45) is 4.99 Å². The molecule has 0 aliphatic rings. The Morgan fingerprint density at radius 2 is 2.08 bits per heavy atom. The van der Waals surface area contributed by atoms with Crippen LogP contribution in [0.4, 0.5) is 4.39 Å². The fraction of sp³-hybridized carbons (Fsp3) is 0.474. The molecule has 0 fully saturated rings. The average Bonchev–Trinajstić information content (AvgIpc) is 2.90. The van der Waals surface area contributed by atoms with E-state index in [2.05, 4.69) is 20.6 Å². The Morgan fingerprint density at radius 3 is 2.65 bits per heavy atom. The number of oxazole rings is 1. The first-order valence-corrected chi connectivity index (χ1v) is 8.77. The molecule has 0 spiro atoms. The summed E-state index contributed by atoms with van der Waals surface area (Å²) in [6.07, 6.45) is 0. The summed E-state index contributed by atoms with van der Waals surface area (Å²) >= 11 is 0. The maximum Gasteiger partial charge on any atom is 0.216 e. The van der Waals surface area contributed by atoms with Crippen molar-refractivity contribution in [3.05, 3.63) is 53.0 Å². The second kappa shape index (κ2) is 9.33. The minimum absolute atomic E-state index is 0.0146. The number of guanidine groups is 1. The van der Waals surface area contributed by atoms with Crippen LogP contribution in [0.1, 0.15) is 35.9 Å². The molecule has 0 saturated carbocycles. The van der Waals surface area contributed by atoms with E-state index in [1.54, 1.807) is 12.1 Å². The van der Waals surface area contributed by atoms with Crippen molar-refractivity contribution < 1.29 is 8.81 Å². The molecule has 0 aliphatic carbocycles. The van der Waals surface area contributed by atoms with E-state index in [1.165, 1.54) is 6.07 Å². The van der Waals surface area contributed by atoms with Gasteiger partial charge in [0, 0.05) is 13.1 Å². The molecule has 2 aromatic rings. The van der Waals surface area contributed by atoms with Crippen LogP contribution in [0.25, 0.3) is 0 Å². The van der Waals surface area contributed by atoms with Crippen molar-refractivity contribution in [2.45, 2.75) is 33.4 Å². The van der Waals surface area contributed by atoms with Crippen LogP contribution in [0.5, 0.6) is 0 Å². The van der Waals surface area contributed by atoms with Crippen LogP contribution >= 0.6 is 0 Å². The van der Waals surface area contributed by atoms with Crippen molar-refractivity contribution in [3.63, 3.8) is 0 Å². The maximum absolute atomic E-state index is 13.6. The van der Waals surface area contributed by atoms with E-state index < -0.39 is 0 Å². The molecule has 1 aromatic heterocycles. The summed E-state index contributed by atoms with van der Waals surface area (Å²) < 4.78 is 19.1. The molecule has 26 heavy (non-hydrogen) atoms. The first-order chi connectivity index (χ1) is 12.4. The summed E-state index contributed by atoms with van der Waals surface area (Å²) in [7, 11) is 3.94. The lowest BCUT2D eigenvalue weighted by atomic mass is 10.1. The predicted octanol–water partition coefficient (Wildman–Crippen LogP) is 2.79. The van der Waals surface area contributed by atoms with Crippen LogP contribution in [0.3, 0.4) is 0 Å². The fourth-order valence-electron chi connectivity index (χ4n) is 2.60. The van der Waals surface area contributed by atoms with Crippen molar-refractivity contribution in [2.75, 3.05) is 27.2 Å². The molecule has 1 unspecified atom stereocenters. The van der Waals surface area contributed by atoms with Gasteiger partial charge in [-0.1, -0.05) is 12.1 Å². The fourth-order valence-corrected chi connectivity index (χ4v) is 2.60. The number of rotatable bonds is 7. The molecule has 0 bridgehead atoms. The second-order valence-corrected chi connectivity index (χ2v) is 6.36. The Kier molecular flexibility index (Phi) is 7.15. The summed E-state index contributed by atoms with van der Waals surface area (Å²) in [4.78, 5) is 10.9. The first kappa shape index (κ1) is 19.9. The third-order valence-corrected chi connectivity index (χ3v) is 4.11. The van der Waals surface area contributed by atoms with Crippen LogP contribution < -0.4 is 10.6 Å². The molecule has 0 saturated heterocycles. The van der Waals surface area contributed by atoms with Crippen LogP contribution in [0, 0.1) is 19.7 Å². The van der Waals surface area contributed by atoms with Crippen molar-refractivity contribution in [1.82, 2.24) is 20.5 Å². The van der Waals surface area contributed by atoms with E-state index in [9.17, 15) is 4.39 Å². The van der Waals surface area contributed by atoms with Gasteiger partial charge in [-0.2, -0.15) is 0 Å². The number of hydrogen-bond donors (Lipinski definition) is 2. The molecule has 1 heterocycles. The largest absolute Gasteiger partial charge is 0.444 e. The van der Waals surface area contributed by atoms with Gasteiger partial charge in [-0.3, -0.25) is 0 Å². The average molecular weight is 361 g/mol. The lowest BCUT2D eigenvalue weighted by molar-refractivity contribution is 0.297. The number of halogens is 1. The molecule has 2 rings (SSSR count). The molecular formula is C19H28FN5O. The Balaban J connectivity index is 2.06. The zero-order valence-corrected chi connectivity index (χ0v) is 16.1. The summed E-state index contributed by atoms with van der Waals surface area (Å²) in [6.45, 7) is 7.49. The highest BCUT2D eigenvalue weighted by Gasteiger charge is 2.15. The molecule has 142 valence electrons. The quantitative estimate of drug-likeness (QED) is 0.586. The van der Waals surface area contributed by atoms with E-state index in [0.717, 1.165) is 23.6 Å². The summed E-state index contributed by atoms with van der Waals surface area (Å²) in [5.41, 5.74) is 1.80. The molecule has 2 N–H and O–H groups in total. The predicted molar refractivity (Wildman–Crippen MR) is 102 cm³/mol. The SMILES string of the molecule is CCNC(=NCc1nc(C)c(C)o1)NCC(c1cccc(F)c1)N(C)C. The number of benzene rings is 1. The molecule has 0 amide bonds. The van der Waals surface area contributed by atoms with Gasteiger partial charge in [-0.15, -0.1) is 0 Å². The zero-order chi connectivity index (χ0) is 19.1. The molecule has 0 aliphatic heterocycles. The highest BCUT2D eigenvalue weighted by Crippen LogP contribution is 2.18. The molecule has 1 aromatic carbocycles. The van der Waals surface area contributed by atoms with E-state index in [-0.39, 0.29) is 11.9 Å². The Morgan fingerprint density at radius 1 is 1.31 bits per heavy atom. The first-order valence-electron chi connectivity index (χ1n) is 8.77. The maximum atomic E-state index is 13.6. The van der Waals surface area contributed by atoms with Gasteiger partial charge >= 0.3 is 0 Å². The number of nitrogens with one attached hydrogen (secondary N) is 2. The smallest absolute Gasteiger partial charge is 0.216 e. The lowest BCUT2D eigenvalue weighted by Gasteiger charge is -2.26.